The van der Waals surface area contributed by atoms with Gasteiger partial charge in [-0.3, -0.25) is 0 Å². The predicted molar refractivity (Wildman–Crippen MR) is 302 cm³/mol. The average molecular weight is 921 g/mol. The molecule has 0 radical (unpaired) electrons. The minimum Gasteiger partial charge on any atom is -0.456 e. The van der Waals surface area contributed by atoms with Gasteiger partial charge in [0.1, 0.15) is 22.3 Å². The summed E-state index contributed by atoms with van der Waals surface area (Å²) in [5.41, 5.74) is 16.8. The summed E-state index contributed by atoms with van der Waals surface area (Å²) in [6.45, 7) is 0. The third kappa shape index (κ3) is 7.08. The Bertz CT molecular complexity index is 4310. The van der Waals surface area contributed by atoms with Crippen molar-refractivity contribution in [3.05, 3.63) is 267 Å². The van der Waals surface area contributed by atoms with Crippen LogP contribution in [0.15, 0.2) is 276 Å². The number of nitrogens with zero attached hydrogens (tertiary/aromatic N) is 2. The standard InChI is InChI=1S/C68H44N2O2/c1-3-16-56-48(12-1)14-9-22-63(56)69(54-39-30-47(31-40-54)51-34-43-61-59-18-5-7-24-65(59)71-67(61)44-51)52-35-26-45(27-36-52)46-28-37-53(38-29-46)70(64-23-10-15-49-13-2-4-17-57(49)64)55-41-32-50(33-42-55)58-20-11-21-62-60-19-6-8-25-66(60)72-68(58)62/h1-44H. The summed E-state index contributed by atoms with van der Waals surface area (Å²) < 4.78 is 12.7. The quantitative estimate of drug-likeness (QED) is 0.144. The highest BCUT2D eigenvalue weighted by Gasteiger charge is 2.20. The van der Waals surface area contributed by atoms with Gasteiger partial charge in [0.05, 0.1) is 11.4 Å². The molecule has 0 aliphatic heterocycles. The molecule has 0 atom stereocenters. The first-order valence-corrected chi connectivity index (χ1v) is 24.5. The molecule has 0 spiro atoms. The third-order valence-corrected chi connectivity index (χ3v) is 14.3. The predicted octanol–water partition coefficient (Wildman–Crippen LogP) is 19.7. The Kier molecular flexibility index (Phi) is 9.82. The molecule has 0 fully saturated rings. The van der Waals surface area contributed by atoms with Gasteiger partial charge in [-0.15, -0.1) is 0 Å². The molecule has 4 heteroatoms. The summed E-state index contributed by atoms with van der Waals surface area (Å²) in [5, 5.41) is 9.29. The molecule has 0 N–H and O–H groups in total. The number of benzene rings is 12. The van der Waals surface area contributed by atoms with Crippen LogP contribution in [0.3, 0.4) is 0 Å². The Hall–Kier alpha value is -9.64. The molecule has 12 aromatic carbocycles. The maximum absolute atomic E-state index is 6.44. The van der Waals surface area contributed by atoms with E-state index in [4.69, 9.17) is 8.83 Å². The van der Waals surface area contributed by atoms with Gasteiger partial charge in [0.2, 0.25) is 0 Å². The van der Waals surface area contributed by atoms with Crippen molar-refractivity contribution in [2.45, 2.75) is 0 Å². The maximum atomic E-state index is 6.44. The van der Waals surface area contributed by atoms with Gasteiger partial charge in [0.15, 0.2) is 0 Å². The molecule has 338 valence electrons. The van der Waals surface area contributed by atoms with Crippen molar-refractivity contribution in [1.82, 2.24) is 0 Å². The van der Waals surface area contributed by atoms with Crippen LogP contribution in [0.2, 0.25) is 0 Å². The minimum absolute atomic E-state index is 0.895. The molecule has 14 aromatic rings. The van der Waals surface area contributed by atoms with Gasteiger partial charge in [0.25, 0.3) is 0 Å². The second-order valence-corrected chi connectivity index (χ2v) is 18.4. The van der Waals surface area contributed by atoms with Crippen LogP contribution < -0.4 is 9.80 Å². The highest BCUT2D eigenvalue weighted by Crippen LogP contribution is 2.44. The molecular weight excluding hydrogens is 877 g/mol. The van der Waals surface area contributed by atoms with Crippen LogP contribution in [-0.4, -0.2) is 0 Å². The van der Waals surface area contributed by atoms with Crippen molar-refractivity contribution < 1.29 is 8.83 Å². The van der Waals surface area contributed by atoms with Crippen molar-refractivity contribution >= 4 is 99.5 Å². The second-order valence-electron chi connectivity index (χ2n) is 18.4. The van der Waals surface area contributed by atoms with E-state index in [2.05, 4.69) is 252 Å². The fourth-order valence-corrected chi connectivity index (χ4v) is 10.7. The molecule has 2 heterocycles. The summed E-state index contributed by atoms with van der Waals surface area (Å²) in [5.74, 6) is 0. The number of furan rings is 2. The van der Waals surface area contributed by atoms with Crippen LogP contribution in [0, 0.1) is 0 Å². The maximum Gasteiger partial charge on any atom is 0.143 e. The SMILES string of the molecule is c1ccc2c(N(c3ccc(-c4ccc(N(c5ccc(-c6cccc7c6oc6ccccc67)cc5)c5cccc6ccccc56)cc4)cc3)c3ccc(-c4ccc5c(c4)oc4ccccc45)cc3)cccc2c1. The highest BCUT2D eigenvalue weighted by atomic mass is 16.3. The Balaban J connectivity index is 0.802. The van der Waals surface area contributed by atoms with Gasteiger partial charge in [-0.25, -0.2) is 0 Å². The number of hydrogen-bond donors (Lipinski definition) is 0. The number of hydrogen-bond acceptors (Lipinski definition) is 4. The van der Waals surface area contributed by atoms with E-state index >= 15 is 0 Å². The summed E-state index contributed by atoms with van der Waals surface area (Å²) in [6, 6.07) is 95.4. The lowest BCUT2D eigenvalue weighted by molar-refractivity contribution is 0.669. The Morgan fingerprint density at radius 1 is 0.236 bits per heavy atom. The lowest BCUT2D eigenvalue weighted by Crippen LogP contribution is -2.10. The van der Waals surface area contributed by atoms with E-state index in [-0.39, 0.29) is 0 Å². The molecule has 0 aliphatic carbocycles. The largest absolute Gasteiger partial charge is 0.456 e. The third-order valence-electron chi connectivity index (χ3n) is 14.3. The number of fused-ring (bicyclic) bond motifs is 8. The van der Waals surface area contributed by atoms with Crippen LogP contribution in [0.25, 0.3) is 98.8 Å². The van der Waals surface area contributed by atoms with E-state index < -0.39 is 0 Å². The van der Waals surface area contributed by atoms with Gasteiger partial charge in [-0.2, -0.15) is 0 Å². The van der Waals surface area contributed by atoms with Crippen LogP contribution in [0.4, 0.5) is 34.1 Å². The van der Waals surface area contributed by atoms with E-state index in [1.807, 2.05) is 24.3 Å². The normalized spacial score (nSPS) is 11.6. The molecule has 0 aliphatic rings. The van der Waals surface area contributed by atoms with Crippen LogP contribution in [0.5, 0.6) is 0 Å². The lowest BCUT2D eigenvalue weighted by atomic mass is 10.0. The van der Waals surface area contributed by atoms with Crippen LogP contribution >= 0.6 is 0 Å². The number of rotatable bonds is 9. The Labute approximate surface area is 416 Å². The summed E-state index contributed by atoms with van der Waals surface area (Å²) in [7, 11) is 0. The molecule has 0 unspecified atom stereocenters. The molecule has 4 nitrogen and oxygen atoms in total. The first-order chi connectivity index (χ1) is 35.7. The smallest absolute Gasteiger partial charge is 0.143 e. The van der Waals surface area contributed by atoms with E-state index in [9.17, 15) is 0 Å². The van der Waals surface area contributed by atoms with Crippen molar-refractivity contribution in [1.29, 1.82) is 0 Å². The van der Waals surface area contributed by atoms with Gasteiger partial charge in [-0.05, 0) is 124 Å². The zero-order valence-corrected chi connectivity index (χ0v) is 39.1. The highest BCUT2D eigenvalue weighted by molar-refractivity contribution is 6.10. The fourth-order valence-electron chi connectivity index (χ4n) is 10.7. The molecule has 2 aromatic heterocycles. The lowest BCUT2D eigenvalue weighted by Gasteiger charge is -2.28. The van der Waals surface area contributed by atoms with Gasteiger partial charge in [-0.1, -0.05) is 182 Å². The van der Waals surface area contributed by atoms with E-state index in [0.29, 0.717) is 0 Å². The van der Waals surface area contributed by atoms with Gasteiger partial charge in [0, 0.05) is 60.6 Å². The first-order valence-electron chi connectivity index (χ1n) is 24.5. The molecule has 14 rings (SSSR count). The van der Waals surface area contributed by atoms with Crippen molar-refractivity contribution in [3.8, 4) is 33.4 Å². The minimum atomic E-state index is 0.895. The van der Waals surface area contributed by atoms with Crippen molar-refractivity contribution in [2.24, 2.45) is 0 Å². The molecule has 0 amide bonds. The van der Waals surface area contributed by atoms with Gasteiger partial charge >= 0.3 is 0 Å². The number of anilines is 6. The molecule has 0 saturated heterocycles. The zero-order valence-electron chi connectivity index (χ0n) is 39.1. The Morgan fingerprint density at radius 3 is 1.15 bits per heavy atom. The topological polar surface area (TPSA) is 32.8 Å². The molecule has 72 heavy (non-hydrogen) atoms. The van der Waals surface area contributed by atoms with E-state index in [1.54, 1.807) is 0 Å². The Morgan fingerprint density at radius 2 is 0.611 bits per heavy atom. The van der Waals surface area contributed by atoms with Crippen LogP contribution in [0.1, 0.15) is 0 Å². The monoisotopic (exact) mass is 920 g/mol. The number of para-hydroxylation sites is 3. The molecule has 0 saturated carbocycles. The fraction of sp³-hybridized carbons (Fsp3) is 0. The first kappa shape index (κ1) is 41.3. The zero-order chi connectivity index (χ0) is 47.5. The van der Waals surface area contributed by atoms with Crippen molar-refractivity contribution in [3.63, 3.8) is 0 Å². The molecule has 0 bridgehead atoms. The average Bonchev–Trinajstić information content (AvgIpc) is 4.03. The van der Waals surface area contributed by atoms with Crippen molar-refractivity contribution in [2.75, 3.05) is 9.80 Å². The second kappa shape index (κ2) is 17.1. The van der Waals surface area contributed by atoms with Crippen LogP contribution in [-0.2, 0) is 0 Å². The molecular formula is C68H44N2O2. The summed E-state index contributed by atoms with van der Waals surface area (Å²) >= 11 is 0. The van der Waals surface area contributed by atoms with E-state index in [0.717, 1.165) is 111 Å². The summed E-state index contributed by atoms with van der Waals surface area (Å²) in [4.78, 5) is 4.73. The summed E-state index contributed by atoms with van der Waals surface area (Å²) in [6.07, 6.45) is 0. The van der Waals surface area contributed by atoms with Gasteiger partial charge < -0.3 is 18.6 Å². The van der Waals surface area contributed by atoms with E-state index in [1.165, 1.54) is 21.5 Å².